The van der Waals surface area contributed by atoms with Gasteiger partial charge >= 0.3 is 5.97 Å². The zero-order valence-electron chi connectivity index (χ0n) is 22.9. The molecule has 0 radical (unpaired) electrons. The maximum Gasteiger partial charge on any atom is 0.303 e. The van der Waals surface area contributed by atoms with E-state index in [1.54, 1.807) is 0 Å². The van der Waals surface area contributed by atoms with E-state index in [0.717, 1.165) is 0 Å². The lowest BCUT2D eigenvalue weighted by Gasteiger charge is -2.30. The lowest BCUT2D eigenvalue weighted by molar-refractivity contribution is -0.143. The minimum absolute atomic E-state index is 0.0182. The molecule has 10 N–H and O–H groups in total. The van der Waals surface area contributed by atoms with Crippen molar-refractivity contribution >= 4 is 35.5 Å². The molecular weight excluding hydrogens is 540 g/mol. The van der Waals surface area contributed by atoms with Crippen LogP contribution < -0.4 is 27.4 Å². The lowest BCUT2D eigenvalue weighted by Crippen LogP contribution is -2.59. The average Bonchev–Trinajstić information content (AvgIpc) is 3.39. The fourth-order valence-electron chi connectivity index (χ4n) is 4.36. The molecule has 0 unspecified atom stereocenters. The number of likely N-dealkylation sites (tertiary alicyclic amines) is 1. The zero-order valence-corrected chi connectivity index (χ0v) is 22.9. The van der Waals surface area contributed by atoms with Crippen molar-refractivity contribution in [2.75, 3.05) is 6.54 Å². The molecule has 41 heavy (non-hydrogen) atoms. The molecule has 0 spiro atoms. The number of hydrogen-bond donors (Lipinski definition) is 8. The summed E-state index contributed by atoms with van der Waals surface area (Å²) in [5, 5.41) is 35.9. The van der Waals surface area contributed by atoms with Gasteiger partial charge in [0.25, 0.3) is 0 Å². The maximum absolute atomic E-state index is 13.4. The molecule has 1 saturated heterocycles. The molecule has 1 aliphatic heterocycles. The lowest BCUT2D eigenvalue weighted by atomic mass is 10.0. The largest absolute Gasteiger partial charge is 0.508 e. The molecule has 6 atom stereocenters. The molecule has 226 valence electrons. The van der Waals surface area contributed by atoms with Crippen LogP contribution in [0.25, 0.3) is 0 Å². The van der Waals surface area contributed by atoms with Crippen LogP contribution in [0, 0.1) is 0 Å². The number of carbonyl (C=O) groups is 6. The second-order valence-corrected chi connectivity index (χ2v) is 10.0. The van der Waals surface area contributed by atoms with Gasteiger partial charge in [0.1, 0.15) is 29.9 Å². The van der Waals surface area contributed by atoms with Gasteiger partial charge in [0.15, 0.2) is 0 Å². The summed E-state index contributed by atoms with van der Waals surface area (Å²) >= 11 is 0. The summed E-state index contributed by atoms with van der Waals surface area (Å²) in [7, 11) is 0. The second-order valence-electron chi connectivity index (χ2n) is 10.0. The van der Waals surface area contributed by atoms with Gasteiger partial charge in [0, 0.05) is 19.4 Å². The Labute approximate surface area is 236 Å². The van der Waals surface area contributed by atoms with Crippen LogP contribution in [0.3, 0.4) is 0 Å². The number of carboxylic acid groups (broad SMARTS) is 1. The van der Waals surface area contributed by atoms with Gasteiger partial charge in [-0.2, -0.15) is 0 Å². The number of aliphatic hydroxyl groups is 1. The van der Waals surface area contributed by atoms with E-state index in [0.29, 0.717) is 12.0 Å². The van der Waals surface area contributed by atoms with Crippen molar-refractivity contribution in [2.45, 2.75) is 82.3 Å². The number of nitrogens with two attached hydrogens (primary N) is 2. The fourth-order valence-corrected chi connectivity index (χ4v) is 4.36. The maximum atomic E-state index is 13.4. The Balaban J connectivity index is 2.27. The number of primary amides is 1. The van der Waals surface area contributed by atoms with E-state index in [9.17, 15) is 39.0 Å². The predicted octanol–water partition coefficient (Wildman–Crippen LogP) is -2.54. The minimum Gasteiger partial charge on any atom is -0.508 e. The van der Waals surface area contributed by atoms with Gasteiger partial charge < -0.3 is 47.6 Å². The van der Waals surface area contributed by atoms with Gasteiger partial charge in [-0.3, -0.25) is 28.8 Å². The molecule has 0 saturated carbocycles. The smallest absolute Gasteiger partial charge is 0.303 e. The predicted molar refractivity (Wildman–Crippen MR) is 144 cm³/mol. The number of nitrogens with one attached hydrogen (secondary N) is 3. The highest BCUT2D eigenvalue weighted by Crippen LogP contribution is 2.21. The highest BCUT2D eigenvalue weighted by Gasteiger charge is 2.39. The van der Waals surface area contributed by atoms with Crippen LogP contribution in [-0.4, -0.2) is 98.6 Å². The fraction of sp³-hybridized carbons (Fsp3) is 0.538. The van der Waals surface area contributed by atoms with Crippen molar-refractivity contribution in [1.82, 2.24) is 20.9 Å². The molecule has 2 rings (SSSR count). The van der Waals surface area contributed by atoms with Gasteiger partial charge in [-0.25, -0.2) is 0 Å². The SMILES string of the molecule is C[C@H](N)C(=O)N[C@@H](CCC(=O)O)C(=O)N1CCC[C@H]1C(=O)N[C@@H](Cc1ccc(O)cc1)C(=O)N[C@H](C(N)=O)[C@H](C)O. The van der Waals surface area contributed by atoms with E-state index in [1.807, 2.05) is 0 Å². The van der Waals surface area contributed by atoms with Crippen LogP contribution >= 0.6 is 0 Å². The number of aliphatic hydroxyl groups excluding tert-OH is 1. The quantitative estimate of drug-likeness (QED) is 0.115. The van der Waals surface area contributed by atoms with E-state index in [4.69, 9.17) is 16.6 Å². The van der Waals surface area contributed by atoms with Crippen LogP contribution in [0.15, 0.2) is 24.3 Å². The summed E-state index contributed by atoms with van der Waals surface area (Å²) in [5.74, 6) is -5.04. The Hall–Kier alpha value is -4.24. The number of phenols is 1. The summed E-state index contributed by atoms with van der Waals surface area (Å²) < 4.78 is 0. The number of nitrogens with zero attached hydrogens (tertiary/aromatic N) is 1. The first-order valence-corrected chi connectivity index (χ1v) is 13.2. The Kier molecular flexibility index (Phi) is 12.0. The molecule has 0 aliphatic carbocycles. The monoisotopic (exact) mass is 578 g/mol. The van der Waals surface area contributed by atoms with Crippen molar-refractivity contribution < 1.29 is 44.1 Å². The molecule has 1 aliphatic rings. The zero-order chi connectivity index (χ0) is 30.9. The number of phenolic OH excluding ortho intramolecular Hbond substituents is 1. The summed E-state index contributed by atoms with van der Waals surface area (Å²) in [6.07, 6.45) is -1.38. The van der Waals surface area contributed by atoms with Gasteiger partial charge in [-0.15, -0.1) is 0 Å². The number of amides is 5. The van der Waals surface area contributed by atoms with E-state index in [-0.39, 0.29) is 31.6 Å². The summed E-state index contributed by atoms with van der Waals surface area (Å²) in [6, 6.07) is -0.113. The molecule has 0 aromatic heterocycles. The Morgan fingerprint density at radius 3 is 2.17 bits per heavy atom. The number of carboxylic acids is 1. The molecule has 1 aromatic rings. The van der Waals surface area contributed by atoms with Crippen molar-refractivity contribution in [1.29, 1.82) is 0 Å². The molecule has 15 nitrogen and oxygen atoms in total. The number of aliphatic carboxylic acids is 1. The first kappa shape index (κ1) is 33.0. The topological polar surface area (TPSA) is 254 Å². The van der Waals surface area contributed by atoms with Crippen molar-refractivity contribution in [3.05, 3.63) is 29.8 Å². The van der Waals surface area contributed by atoms with Gasteiger partial charge in [0.2, 0.25) is 29.5 Å². The number of aromatic hydroxyl groups is 1. The Bertz CT molecular complexity index is 1120. The molecule has 1 fully saturated rings. The standard InChI is InChI=1S/C26H38N6O9/c1-13(27)23(38)29-17(9-10-20(35)36)26(41)32-11-3-4-19(32)25(40)30-18(12-15-5-7-16(34)8-6-15)24(39)31-21(14(2)33)22(28)37/h5-8,13-14,17-19,21,33-34H,3-4,9-12,27H2,1-2H3,(H2,28,37)(H,29,38)(H,30,40)(H,31,39)(H,35,36)/t13-,14-,17-,18-,19-,21-/m0/s1. The van der Waals surface area contributed by atoms with Crippen molar-refractivity contribution in [2.24, 2.45) is 11.5 Å². The van der Waals surface area contributed by atoms with Crippen molar-refractivity contribution in [3.63, 3.8) is 0 Å². The van der Waals surface area contributed by atoms with E-state index < -0.39 is 78.2 Å². The number of carbonyl (C=O) groups excluding carboxylic acids is 5. The highest BCUT2D eigenvalue weighted by molar-refractivity contribution is 5.96. The van der Waals surface area contributed by atoms with E-state index in [1.165, 1.54) is 43.0 Å². The van der Waals surface area contributed by atoms with Crippen molar-refractivity contribution in [3.8, 4) is 5.75 Å². The molecular formula is C26H38N6O9. The van der Waals surface area contributed by atoms with E-state index >= 15 is 0 Å². The number of rotatable bonds is 14. The van der Waals surface area contributed by atoms with Gasteiger partial charge in [0.05, 0.1) is 12.1 Å². The molecule has 1 aromatic carbocycles. The van der Waals surface area contributed by atoms with Crippen LogP contribution in [-0.2, 0) is 35.2 Å². The molecule has 15 heteroatoms. The summed E-state index contributed by atoms with van der Waals surface area (Å²) in [6.45, 7) is 2.81. The first-order chi connectivity index (χ1) is 19.2. The minimum atomic E-state index is -1.44. The molecule has 1 heterocycles. The molecule has 5 amide bonds. The van der Waals surface area contributed by atoms with Crippen LogP contribution in [0.5, 0.6) is 5.75 Å². The third-order valence-corrected chi connectivity index (χ3v) is 6.61. The normalized spacial score (nSPS) is 18.3. The summed E-state index contributed by atoms with van der Waals surface area (Å²) in [5.41, 5.74) is 11.4. The van der Waals surface area contributed by atoms with Gasteiger partial charge in [-0.1, -0.05) is 12.1 Å². The second kappa shape index (κ2) is 14.9. The average molecular weight is 579 g/mol. The summed E-state index contributed by atoms with van der Waals surface area (Å²) in [4.78, 5) is 76.2. The first-order valence-electron chi connectivity index (χ1n) is 13.2. The van der Waals surface area contributed by atoms with Gasteiger partial charge in [-0.05, 0) is 50.8 Å². The van der Waals surface area contributed by atoms with Crippen LogP contribution in [0.1, 0.15) is 45.1 Å². The molecule has 0 bridgehead atoms. The van der Waals surface area contributed by atoms with Crippen LogP contribution in [0.4, 0.5) is 0 Å². The number of benzene rings is 1. The Morgan fingerprint density at radius 2 is 1.63 bits per heavy atom. The highest BCUT2D eigenvalue weighted by atomic mass is 16.4. The van der Waals surface area contributed by atoms with E-state index in [2.05, 4.69) is 16.0 Å². The Morgan fingerprint density at radius 1 is 1.00 bits per heavy atom. The third kappa shape index (κ3) is 9.72. The number of hydrogen-bond acceptors (Lipinski definition) is 9. The van der Waals surface area contributed by atoms with Crippen LogP contribution in [0.2, 0.25) is 0 Å². The third-order valence-electron chi connectivity index (χ3n) is 6.61.